The van der Waals surface area contributed by atoms with Crippen molar-refractivity contribution >= 4 is 0 Å². The fraction of sp³-hybridized carbons (Fsp3) is 0.455. The van der Waals surface area contributed by atoms with Crippen molar-refractivity contribution in [2.24, 2.45) is 0 Å². The molecule has 1 aliphatic heterocycles. The molecular formula is C22H28O5. The first-order valence-electron chi connectivity index (χ1n) is 9.45. The van der Waals surface area contributed by atoms with Gasteiger partial charge in [0.05, 0.1) is 24.9 Å². The Hall–Kier alpha value is -2.08. The van der Waals surface area contributed by atoms with Crippen molar-refractivity contribution in [3.05, 3.63) is 60.2 Å². The predicted octanol–water partition coefficient (Wildman–Crippen LogP) is 4.11. The van der Waals surface area contributed by atoms with Crippen molar-refractivity contribution in [1.82, 2.24) is 0 Å². The molecule has 0 saturated carbocycles. The van der Waals surface area contributed by atoms with Gasteiger partial charge in [-0.2, -0.15) is 0 Å². The highest BCUT2D eigenvalue weighted by Gasteiger charge is 2.32. The van der Waals surface area contributed by atoms with Crippen molar-refractivity contribution in [1.29, 1.82) is 0 Å². The summed E-state index contributed by atoms with van der Waals surface area (Å²) in [5, 5.41) is 9.54. The third kappa shape index (κ3) is 5.45. The van der Waals surface area contributed by atoms with Gasteiger partial charge in [0, 0.05) is 12.0 Å². The maximum atomic E-state index is 9.54. The first-order chi connectivity index (χ1) is 13.0. The lowest BCUT2D eigenvalue weighted by Crippen LogP contribution is -2.42. The zero-order chi connectivity index (χ0) is 19.2. The number of benzene rings is 2. The summed E-state index contributed by atoms with van der Waals surface area (Å²) in [7, 11) is 0. The fourth-order valence-corrected chi connectivity index (χ4v) is 3.11. The van der Waals surface area contributed by atoms with Gasteiger partial charge in [0.2, 0.25) is 0 Å². The average molecular weight is 372 g/mol. The molecule has 0 aromatic heterocycles. The van der Waals surface area contributed by atoms with Crippen LogP contribution in [0.15, 0.2) is 54.6 Å². The second-order valence-electron chi connectivity index (χ2n) is 7.03. The van der Waals surface area contributed by atoms with E-state index < -0.39 is 6.10 Å². The van der Waals surface area contributed by atoms with E-state index in [0.29, 0.717) is 24.5 Å². The Bertz CT molecular complexity index is 703. The van der Waals surface area contributed by atoms with Gasteiger partial charge in [-0.05, 0) is 32.9 Å². The maximum absolute atomic E-state index is 9.54. The van der Waals surface area contributed by atoms with Gasteiger partial charge in [0.25, 0.3) is 0 Å². The fourth-order valence-electron chi connectivity index (χ4n) is 3.11. The van der Waals surface area contributed by atoms with Gasteiger partial charge < -0.3 is 24.1 Å². The molecule has 5 heteroatoms. The predicted molar refractivity (Wildman–Crippen MR) is 103 cm³/mol. The van der Waals surface area contributed by atoms with Crippen molar-refractivity contribution < 1.29 is 24.1 Å². The molecule has 2 aromatic rings. The number of aliphatic hydroxyl groups is 1. The summed E-state index contributed by atoms with van der Waals surface area (Å²) in [4.78, 5) is 0. The van der Waals surface area contributed by atoms with E-state index in [1.165, 1.54) is 0 Å². The number of aliphatic hydroxyl groups excluding tert-OH is 1. The van der Waals surface area contributed by atoms with E-state index in [2.05, 4.69) is 0 Å². The van der Waals surface area contributed by atoms with Gasteiger partial charge in [-0.1, -0.05) is 42.5 Å². The minimum absolute atomic E-state index is 0.117. The Morgan fingerprint density at radius 2 is 1.70 bits per heavy atom. The molecule has 3 rings (SSSR count). The third-order valence-corrected chi connectivity index (χ3v) is 4.47. The summed E-state index contributed by atoms with van der Waals surface area (Å²) in [5.41, 5.74) is 0.999. The SMILES string of the molecule is C[C@@H]1O[C@H](c2ccccc2)OC[C@@H]1Oc1ccccc1O[C@@H](C)C[C@@H](C)O. The Labute approximate surface area is 160 Å². The number of ether oxygens (including phenoxy) is 4. The molecule has 1 aliphatic rings. The summed E-state index contributed by atoms with van der Waals surface area (Å²) < 4.78 is 24.0. The standard InChI is InChI=1S/C22H28O5/c1-15(23)13-16(2)25-19-11-7-8-12-20(19)27-21-14-24-22(26-17(21)3)18-9-5-4-6-10-18/h4-12,15-17,21-23H,13-14H2,1-3H3/t15-,16+,17+,21+,22-/m1/s1. The van der Waals surface area contributed by atoms with Gasteiger partial charge >= 0.3 is 0 Å². The molecule has 0 bridgehead atoms. The summed E-state index contributed by atoms with van der Waals surface area (Å²) in [6.07, 6.45) is -0.719. The van der Waals surface area contributed by atoms with Crippen LogP contribution >= 0.6 is 0 Å². The van der Waals surface area contributed by atoms with Crippen LogP contribution in [0.25, 0.3) is 0 Å². The van der Waals surface area contributed by atoms with Gasteiger partial charge in [0.1, 0.15) is 6.10 Å². The van der Waals surface area contributed by atoms with Crippen LogP contribution < -0.4 is 9.47 Å². The van der Waals surface area contributed by atoms with Crippen LogP contribution in [0.2, 0.25) is 0 Å². The van der Waals surface area contributed by atoms with Crippen molar-refractivity contribution in [3.63, 3.8) is 0 Å². The zero-order valence-corrected chi connectivity index (χ0v) is 16.1. The van der Waals surface area contributed by atoms with E-state index in [0.717, 1.165) is 5.56 Å². The molecule has 0 amide bonds. The Morgan fingerprint density at radius 3 is 2.37 bits per heavy atom. The zero-order valence-electron chi connectivity index (χ0n) is 16.1. The van der Waals surface area contributed by atoms with Crippen molar-refractivity contribution in [2.75, 3.05) is 6.61 Å². The molecule has 0 unspecified atom stereocenters. The van der Waals surface area contributed by atoms with Crippen LogP contribution in [0.4, 0.5) is 0 Å². The van der Waals surface area contributed by atoms with Gasteiger partial charge in [-0.25, -0.2) is 0 Å². The van der Waals surface area contributed by atoms with Crippen molar-refractivity contribution in [3.8, 4) is 11.5 Å². The summed E-state index contributed by atoms with van der Waals surface area (Å²) in [6.45, 7) is 6.11. The highest BCUT2D eigenvalue weighted by Crippen LogP contribution is 2.33. The van der Waals surface area contributed by atoms with E-state index in [1.54, 1.807) is 6.92 Å². The van der Waals surface area contributed by atoms with E-state index >= 15 is 0 Å². The summed E-state index contributed by atoms with van der Waals surface area (Å²) >= 11 is 0. The van der Waals surface area contributed by atoms with Gasteiger partial charge in [-0.3, -0.25) is 0 Å². The molecule has 1 saturated heterocycles. The Morgan fingerprint density at radius 1 is 1.04 bits per heavy atom. The van der Waals surface area contributed by atoms with E-state index in [9.17, 15) is 5.11 Å². The van der Waals surface area contributed by atoms with E-state index in [1.807, 2.05) is 68.4 Å². The molecule has 1 N–H and O–H groups in total. The number of hydrogen-bond donors (Lipinski definition) is 1. The number of para-hydroxylation sites is 2. The number of rotatable bonds is 7. The highest BCUT2D eigenvalue weighted by molar-refractivity contribution is 5.40. The molecule has 0 spiro atoms. The average Bonchev–Trinajstić information content (AvgIpc) is 2.65. The lowest BCUT2D eigenvalue weighted by Gasteiger charge is -2.35. The second kappa shape index (κ2) is 9.22. The first kappa shape index (κ1) is 19.7. The quantitative estimate of drug-likeness (QED) is 0.793. The molecule has 2 aromatic carbocycles. The molecule has 1 heterocycles. The number of hydrogen-bond acceptors (Lipinski definition) is 5. The molecule has 146 valence electrons. The van der Waals surface area contributed by atoms with Crippen LogP contribution in [-0.4, -0.2) is 36.1 Å². The minimum Gasteiger partial charge on any atom is -0.487 e. The lowest BCUT2D eigenvalue weighted by molar-refractivity contribution is -0.246. The molecule has 0 radical (unpaired) electrons. The van der Waals surface area contributed by atoms with Gasteiger partial charge in [-0.15, -0.1) is 0 Å². The summed E-state index contributed by atoms with van der Waals surface area (Å²) in [6, 6.07) is 17.4. The maximum Gasteiger partial charge on any atom is 0.184 e. The third-order valence-electron chi connectivity index (χ3n) is 4.47. The first-order valence-corrected chi connectivity index (χ1v) is 9.45. The molecule has 27 heavy (non-hydrogen) atoms. The largest absolute Gasteiger partial charge is 0.487 e. The van der Waals surface area contributed by atoms with Gasteiger partial charge in [0.15, 0.2) is 17.8 Å². The topological polar surface area (TPSA) is 57.2 Å². The van der Waals surface area contributed by atoms with E-state index in [-0.39, 0.29) is 24.6 Å². The highest BCUT2D eigenvalue weighted by atomic mass is 16.7. The molecule has 5 atom stereocenters. The van der Waals surface area contributed by atoms with Crippen LogP contribution in [0.5, 0.6) is 11.5 Å². The Kier molecular flexibility index (Phi) is 6.72. The molecule has 5 nitrogen and oxygen atoms in total. The Balaban J connectivity index is 1.62. The van der Waals surface area contributed by atoms with E-state index in [4.69, 9.17) is 18.9 Å². The lowest BCUT2D eigenvalue weighted by atomic mass is 10.1. The minimum atomic E-state index is -0.414. The molecular weight excluding hydrogens is 344 g/mol. The van der Waals surface area contributed by atoms with Crippen LogP contribution in [0.3, 0.4) is 0 Å². The van der Waals surface area contributed by atoms with Crippen LogP contribution in [0, 0.1) is 0 Å². The van der Waals surface area contributed by atoms with Crippen LogP contribution in [-0.2, 0) is 9.47 Å². The van der Waals surface area contributed by atoms with Crippen molar-refractivity contribution in [2.45, 2.75) is 57.9 Å². The molecule has 0 aliphatic carbocycles. The summed E-state index contributed by atoms with van der Waals surface area (Å²) in [5.74, 6) is 1.31. The monoisotopic (exact) mass is 372 g/mol. The smallest absolute Gasteiger partial charge is 0.184 e. The molecule has 1 fully saturated rings. The normalized spacial score (nSPS) is 24.8. The van der Waals surface area contributed by atoms with Crippen LogP contribution in [0.1, 0.15) is 39.0 Å². The second-order valence-corrected chi connectivity index (χ2v) is 7.03.